The van der Waals surface area contributed by atoms with Crippen molar-refractivity contribution in [2.24, 2.45) is 5.73 Å². The fraction of sp³-hybridized carbons (Fsp3) is 1.00. The quantitative estimate of drug-likeness (QED) is 0.541. The minimum atomic E-state index is 0. The first-order valence-corrected chi connectivity index (χ1v) is 3.43. The van der Waals surface area contributed by atoms with Gasteiger partial charge >= 0.3 is 0 Å². The Labute approximate surface area is 80.6 Å². The molecule has 4 N–H and O–H groups in total. The minimum Gasteiger partial charge on any atom is -0.396 e. The van der Waals surface area contributed by atoms with Gasteiger partial charge in [-0.2, -0.15) is 0 Å². The maximum absolute atomic E-state index is 8.37. The van der Waals surface area contributed by atoms with Crippen LogP contribution < -0.4 is 11.1 Å². The topological polar surface area (TPSA) is 58.3 Å². The van der Waals surface area contributed by atoms with Crippen molar-refractivity contribution in [1.82, 2.24) is 5.32 Å². The van der Waals surface area contributed by atoms with Crippen LogP contribution in [-0.2, 0) is 0 Å². The number of unbranched alkanes of at least 4 members (excludes halogenated alkanes) is 1. The molecule has 0 spiro atoms. The molecule has 0 unspecified atom stereocenters. The van der Waals surface area contributed by atoms with Crippen molar-refractivity contribution in [2.45, 2.75) is 12.8 Å². The smallest absolute Gasteiger partial charge is 0.0431 e. The van der Waals surface area contributed by atoms with E-state index in [1.54, 1.807) is 0 Å². The molecular weight excluding hydrogens is 187 g/mol. The lowest BCUT2D eigenvalue weighted by molar-refractivity contribution is 0.284. The number of aliphatic hydroxyl groups excluding tert-OH is 1. The van der Waals surface area contributed by atoms with Gasteiger partial charge in [-0.3, -0.25) is 0 Å². The molecule has 0 aromatic carbocycles. The first-order chi connectivity index (χ1) is 4.41. The zero-order valence-electron chi connectivity index (χ0n) is 6.58. The largest absolute Gasteiger partial charge is 0.396 e. The van der Waals surface area contributed by atoms with Gasteiger partial charge in [0.1, 0.15) is 0 Å². The third-order valence-corrected chi connectivity index (χ3v) is 1.08. The summed E-state index contributed by atoms with van der Waals surface area (Å²) in [4.78, 5) is 0. The zero-order chi connectivity index (χ0) is 6.95. The number of aliphatic hydroxyl groups is 1. The van der Waals surface area contributed by atoms with Crippen LogP contribution in [0.2, 0.25) is 0 Å². The van der Waals surface area contributed by atoms with Gasteiger partial charge in [-0.25, -0.2) is 0 Å². The highest BCUT2D eigenvalue weighted by molar-refractivity contribution is 5.85. The highest BCUT2D eigenvalue weighted by Gasteiger charge is 1.84. The Morgan fingerprint density at radius 2 is 1.73 bits per heavy atom. The molecule has 0 bridgehead atoms. The normalized spacial score (nSPS) is 8.18. The van der Waals surface area contributed by atoms with Gasteiger partial charge in [-0.15, -0.1) is 24.8 Å². The van der Waals surface area contributed by atoms with E-state index in [0.29, 0.717) is 13.2 Å². The number of nitrogens with one attached hydrogen (secondary N) is 1. The van der Waals surface area contributed by atoms with E-state index < -0.39 is 0 Å². The van der Waals surface area contributed by atoms with Gasteiger partial charge in [-0.05, 0) is 19.4 Å². The van der Waals surface area contributed by atoms with Crippen molar-refractivity contribution in [1.29, 1.82) is 0 Å². The van der Waals surface area contributed by atoms with Crippen molar-refractivity contribution in [3.63, 3.8) is 0 Å². The maximum Gasteiger partial charge on any atom is 0.0431 e. The Balaban J connectivity index is -0.000000320. The van der Waals surface area contributed by atoms with Crippen LogP contribution in [0.1, 0.15) is 12.8 Å². The number of nitrogens with two attached hydrogens (primary N) is 1. The second-order valence-corrected chi connectivity index (χ2v) is 1.97. The number of halogens is 2. The summed E-state index contributed by atoms with van der Waals surface area (Å²) < 4.78 is 0. The monoisotopic (exact) mass is 204 g/mol. The number of rotatable bonds is 6. The summed E-state index contributed by atoms with van der Waals surface area (Å²) in [6.07, 6.45) is 1.92. The highest BCUT2D eigenvalue weighted by Crippen LogP contribution is 1.81. The molecule has 11 heavy (non-hydrogen) atoms. The molecule has 0 heterocycles. The summed E-state index contributed by atoms with van der Waals surface area (Å²) in [6.45, 7) is 2.84. The average Bonchev–Trinajstić information content (AvgIpc) is 1.89. The molecule has 5 heteroatoms. The van der Waals surface area contributed by atoms with Crippen molar-refractivity contribution < 1.29 is 5.11 Å². The molecule has 0 atom stereocenters. The van der Waals surface area contributed by atoms with Crippen molar-refractivity contribution >= 4 is 24.8 Å². The second-order valence-electron chi connectivity index (χ2n) is 1.97. The van der Waals surface area contributed by atoms with Gasteiger partial charge in [0, 0.05) is 19.7 Å². The van der Waals surface area contributed by atoms with Gasteiger partial charge < -0.3 is 16.2 Å². The van der Waals surface area contributed by atoms with Crippen LogP contribution >= 0.6 is 24.8 Å². The molecule has 72 valence electrons. The summed E-state index contributed by atoms with van der Waals surface area (Å²) >= 11 is 0. The molecule has 0 fully saturated rings. The Kier molecular flexibility index (Phi) is 26.8. The van der Waals surface area contributed by atoms with Crippen LogP contribution in [0.4, 0.5) is 0 Å². The molecule has 0 radical (unpaired) electrons. The Morgan fingerprint density at radius 1 is 1.09 bits per heavy atom. The van der Waals surface area contributed by atoms with Crippen LogP contribution in [0.3, 0.4) is 0 Å². The van der Waals surface area contributed by atoms with Crippen LogP contribution in [-0.4, -0.2) is 31.3 Å². The summed E-state index contributed by atoms with van der Waals surface area (Å²) in [5, 5.41) is 11.5. The first-order valence-electron chi connectivity index (χ1n) is 3.43. The molecule has 0 aliphatic rings. The molecule has 0 amide bonds. The van der Waals surface area contributed by atoms with Gasteiger partial charge in [0.15, 0.2) is 0 Å². The molecule has 0 aromatic rings. The molecule has 0 aliphatic heterocycles. The van der Waals surface area contributed by atoms with E-state index in [1.165, 1.54) is 0 Å². The second kappa shape index (κ2) is 16.8. The van der Waals surface area contributed by atoms with E-state index in [4.69, 9.17) is 10.8 Å². The van der Waals surface area contributed by atoms with Crippen molar-refractivity contribution in [2.75, 3.05) is 26.2 Å². The van der Waals surface area contributed by atoms with Gasteiger partial charge in [0.05, 0.1) is 0 Å². The third kappa shape index (κ3) is 17.9. The van der Waals surface area contributed by atoms with Gasteiger partial charge in [0.2, 0.25) is 0 Å². The lowest BCUT2D eigenvalue weighted by Gasteiger charge is -1.99. The van der Waals surface area contributed by atoms with Gasteiger partial charge in [0.25, 0.3) is 0 Å². The Bertz CT molecular complexity index is 51.8. The molecule has 0 aliphatic carbocycles. The van der Waals surface area contributed by atoms with Crippen LogP contribution in [0, 0.1) is 0 Å². The molecule has 3 nitrogen and oxygen atoms in total. The summed E-state index contributed by atoms with van der Waals surface area (Å²) in [5.41, 5.74) is 5.23. The van der Waals surface area contributed by atoms with E-state index in [1.807, 2.05) is 0 Å². The summed E-state index contributed by atoms with van der Waals surface area (Å²) in [7, 11) is 0. The SMILES string of the molecule is Cl.Cl.NCCNCCCCO. The van der Waals surface area contributed by atoms with Crippen LogP contribution in [0.25, 0.3) is 0 Å². The number of hydrogen-bond acceptors (Lipinski definition) is 3. The predicted molar refractivity (Wildman–Crippen MR) is 52.7 cm³/mol. The standard InChI is InChI=1S/C6H16N2O.2ClH/c7-3-5-8-4-1-2-6-9;;/h8-9H,1-7H2;2*1H. The van der Waals surface area contributed by atoms with Crippen LogP contribution in [0.5, 0.6) is 0 Å². The lowest BCUT2D eigenvalue weighted by Crippen LogP contribution is -2.23. The fourth-order valence-electron chi connectivity index (χ4n) is 0.589. The zero-order valence-corrected chi connectivity index (χ0v) is 8.22. The van der Waals surface area contributed by atoms with Crippen LogP contribution in [0.15, 0.2) is 0 Å². The lowest BCUT2D eigenvalue weighted by atomic mass is 10.3. The molecule has 0 saturated heterocycles. The molecular formula is C6H18Cl2N2O. The van der Waals surface area contributed by atoms with E-state index in [9.17, 15) is 0 Å². The average molecular weight is 205 g/mol. The molecule has 0 saturated carbocycles. The van der Waals surface area contributed by atoms with Crippen molar-refractivity contribution in [3.05, 3.63) is 0 Å². The first kappa shape index (κ1) is 17.5. The third-order valence-electron chi connectivity index (χ3n) is 1.08. The minimum absolute atomic E-state index is 0. The number of hydrogen-bond donors (Lipinski definition) is 3. The van der Waals surface area contributed by atoms with E-state index in [-0.39, 0.29) is 24.8 Å². The predicted octanol–water partition coefficient (Wildman–Crippen LogP) is 0.151. The van der Waals surface area contributed by atoms with E-state index in [2.05, 4.69) is 5.32 Å². The fourth-order valence-corrected chi connectivity index (χ4v) is 0.589. The van der Waals surface area contributed by atoms with E-state index >= 15 is 0 Å². The molecule has 0 rings (SSSR count). The highest BCUT2D eigenvalue weighted by atomic mass is 35.5. The van der Waals surface area contributed by atoms with E-state index in [0.717, 1.165) is 25.9 Å². The van der Waals surface area contributed by atoms with Crippen molar-refractivity contribution in [3.8, 4) is 0 Å². The maximum atomic E-state index is 8.37. The summed E-state index contributed by atoms with van der Waals surface area (Å²) in [5.74, 6) is 0. The summed E-state index contributed by atoms with van der Waals surface area (Å²) in [6, 6.07) is 0. The Hall–Kier alpha value is 0.460. The Morgan fingerprint density at radius 3 is 2.18 bits per heavy atom. The molecule has 0 aromatic heterocycles. The van der Waals surface area contributed by atoms with Gasteiger partial charge in [-0.1, -0.05) is 0 Å².